The summed E-state index contributed by atoms with van der Waals surface area (Å²) < 4.78 is 11.3. The van der Waals surface area contributed by atoms with Gasteiger partial charge in [-0.1, -0.05) is 294 Å². The maximum Gasteiger partial charge on any atom is 0.220 e. The van der Waals surface area contributed by atoms with Gasteiger partial charge in [-0.05, 0) is 57.8 Å². The van der Waals surface area contributed by atoms with Crippen molar-refractivity contribution in [2.75, 3.05) is 13.2 Å². The predicted molar refractivity (Wildman–Crippen MR) is 318 cm³/mol. The van der Waals surface area contributed by atoms with Crippen LogP contribution in [0.1, 0.15) is 322 Å². The number of aliphatic hydroxyl groups is 5. The number of aliphatic hydroxyl groups excluding tert-OH is 5. The number of amides is 1. The highest BCUT2D eigenvalue weighted by Gasteiger charge is 2.44. The molecule has 9 nitrogen and oxygen atoms in total. The summed E-state index contributed by atoms with van der Waals surface area (Å²) in [6.45, 7) is 3.81. The molecule has 0 saturated carbocycles. The van der Waals surface area contributed by atoms with Crippen molar-refractivity contribution in [3.8, 4) is 0 Å². The standard InChI is InChI=1S/C66H125NO8/c1-3-5-7-9-11-13-15-17-19-21-23-25-26-27-28-29-30-31-32-33-34-36-38-40-42-44-46-48-50-52-54-56-62(70)67-59(58-74-66-65(73)64(72)63(71)61(57-68)75-66)60(69)55-53-51-49-47-45-43-41-39-37-35-24-22-20-18-16-14-12-10-8-6-4-2/h21,23,45,47,53,55,59-61,63-66,68-69,71-73H,3-20,22,24-44,46,48-52,54,56-58H2,1-2H3,(H,67,70)/b23-21-,47-45+,55-53+. The van der Waals surface area contributed by atoms with Crippen molar-refractivity contribution in [3.05, 3.63) is 36.5 Å². The lowest BCUT2D eigenvalue weighted by molar-refractivity contribution is -0.302. The number of carbonyl (C=O) groups excluding carboxylic acids is 1. The lowest BCUT2D eigenvalue weighted by Gasteiger charge is -2.40. The highest BCUT2D eigenvalue weighted by molar-refractivity contribution is 5.76. The van der Waals surface area contributed by atoms with Gasteiger partial charge in [0, 0.05) is 6.42 Å². The first-order valence-electron chi connectivity index (χ1n) is 32.7. The predicted octanol–water partition coefficient (Wildman–Crippen LogP) is 17.1. The average Bonchev–Trinajstić information content (AvgIpc) is 3.41. The minimum Gasteiger partial charge on any atom is -0.394 e. The molecule has 6 N–H and O–H groups in total. The third kappa shape index (κ3) is 44.9. The van der Waals surface area contributed by atoms with Crippen molar-refractivity contribution >= 4 is 5.91 Å². The maximum absolute atomic E-state index is 13.1. The van der Waals surface area contributed by atoms with Gasteiger partial charge in [-0.3, -0.25) is 4.79 Å². The second-order valence-electron chi connectivity index (χ2n) is 22.9. The number of carbonyl (C=O) groups is 1. The summed E-state index contributed by atoms with van der Waals surface area (Å²) >= 11 is 0. The van der Waals surface area contributed by atoms with Crippen LogP contribution in [0.3, 0.4) is 0 Å². The van der Waals surface area contributed by atoms with E-state index in [9.17, 15) is 30.3 Å². The summed E-state index contributed by atoms with van der Waals surface area (Å²) in [7, 11) is 0. The third-order valence-electron chi connectivity index (χ3n) is 15.7. The molecule has 1 amide bonds. The van der Waals surface area contributed by atoms with Crippen LogP contribution in [0.2, 0.25) is 0 Å². The van der Waals surface area contributed by atoms with Crippen LogP contribution in [0.15, 0.2) is 36.5 Å². The first-order valence-corrected chi connectivity index (χ1v) is 32.7. The minimum atomic E-state index is -1.57. The van der Waals surface area contributed by atoms with Crippen molar-refractivity contribution in [2.45, 2.75) is 365 Å². The molecule has 1 heterocycles. The number of hydrogen-bond acceptors (Lipinski definition) is 8. The second-order valence-corrected chi connectivity index (χ2v) is 22.9. The smallest absolute Gasteiger partial charge is 0.220 e. The molecule has 1 aliphatic rings. The van der Waals surface area contributed by atoms with E-state index in [0.717, 1.165) is 38.5 Å². The largest absolute Gasteiger partial charge is 0.394 e. The van der Waals surface area contributed by atoms with Gasteiger partial charge in [0.25, 0.3) is 0 Å². The Morgan fingerprint density at radius 3 is 1.12 bits per heavy atom. The Kier molecular flexibility index (Phi) is 53.1. The first-order chi connectivity index (χ1) is 36.8. The van der Waals surface area contributed by atoms with Crippen LogP contribution in [0.25, 0.3) is 0 Å². The zero-order chi connectivity index (χ0) is 54.3. The van der Waals surface area contributed by atoms with Gasteiger partial charge in [-0.25, -0.2) is 0 Å². The highest BCUT2D eigenvalue weighted by Crippen LogP contribution is 2.23. The molecule has 442 valence electrons. The number of hydrogen-bond donors (Lipinski definition) is 6. The van der Waals surface area contributed by atoms with E-state index in [-0.39, 0.29) is 12.5 Å². The number of nitrogens with one attached hydrogen (secondary N) is 1. The Bertz CT molecular complexity index is 1270. The van der Waals surface area contributed by atoms with Crippen LogP contribution >= 0.6 is 0 Å². The second kappa shape index (κ2) is 55.7. The molecule has 0 spiro atoms. The summed E-state index contributed by atoms with van der Waals surface area (Å²) in [6.07, 6.45) is 66.7. The molecule has 75 heavy (non-hydrogen) atoms. The molecule has 0 aromatic rings. The highest BCUT2D eigenvalue weighted by atomic mass is 16.7. The maximum atomic E-state index is 13.1. The SMILES string of the molecule is CCCCCCCCCC/C=C\CCCCCCCCCCCCCCCCCCCCCC(=O)NC(COC1OC(CO)C(O)C(O)C1O)C(O)/C=C/CC/C=C/CCCCCCCCCCCCCCCCC. The molecule has 9 heteroatoms. The number of rotatable bonds is 57. The van der Waals surface area contributed by atoms with Gasteiger partial charge >= 0.3 is 0 Å². The van der Waals surface area contributed by atoms with Gasteiger partial charge in [0.15, 0.2) is 6.29 Å². The molecule has 0 bridgehead atoms. The Balaban J connectivity index is 2.15. The Labute approximate surface area is 463 Å². The molecule has 0 radical (unpaired) electrons. The summed E-state index contributed by atoms with van der Waals surface area (Å²) in [5, 5.41) is 54.6. The summed E-state index contributed by atoms with van der Waals surface area (Å²) in [4.78, 5) is 13.1. The van der Waals surface area contributed by atoms with Crippen LogP contribution in [-0.4, -0.2) is 87.5 Å². The van der Waals surface area contributed by atoms with Crippen LogP contribution in [0.4, 0.5) is 0 Å². The molecule has 0 aromatic carbocycles. The van der Waals surface area contributed by atoms with E-state index in [1.54, 1.807) is 6.08 Å². The molecule has 1 aliphatic heterocycles. The van der Waals surface area contributed by atoms with Gasteiger partial charge in [-0.2, -0.15) is 0 Å². The topological polar surface area (TPSA) is 149 Å². The lowest BCUT2D eigenvalue weighted by atomic mass is 9.99. The fourth-order valence-corrected chi connectivity index (χ4v) is 10.5. The van der Waals surface area contributed by atoms with Gasteiger partial charge < -0.3 is 40.3 Å². The Morgan fingerprint density at radius 2 is 0.760 bits per heavy atom. The molecular weight excluding hydrogens is 935 g/mol. The molecule has 1 saturated heterocycles. The molecule has 0 aliphatic carbocycles. The van der Waals surface area contributed by atoms with Gasteiger partial charge in [0.2, 0.25) is 5.91 Å². The van der Waals surface area contributed by atoms with Gasteiger partial charge in [0.1, 0.15) is 24.4 Å². The van der Waals surface area contributed by atoms with Crippen molar-refractivity contribution < 1.29 is 39.8 Å². The fourth-order valence-electron chi connectivity index (χ4n) is 10.5. The van der Waals surface area contributed by atoms with E-state index < -0.39 is 49.5 Å². The number of allylic oxidation sites excluding steroid dienone is 5. The third-order valence-corrected chi connectivity index (χ3v) is 15.7. The van der Waals surface area contributed by atoms with Crippen LogP contribution < -0.4 is 5.32 Å². The van der Waals surface area contributed by atoms with E-state index in [2.05, 4.69) is 43.5 Å². The lowest BCUT2D eigenvalue weighted by Crippen LogP contribution is -2.60. The van der Waals surface area contributed by atoms with Crippen LogP contribution in [0, 0.1) is 0 Å². The molecule has 1 rings (SSSR count). The summed E-state index contributed by atoms with van der Waals surface area (Å²) in [5.74, 6) is -0.181. The Morgan fingerprint density at radius 1 is 0.440 bits per heavy atom. The van der Waals surface area contributed by atoms with Crippen LogP contribution in [0.5, 0.6) is 0 Å². The molecule has 7 atom stereocenters. The molecule has 0 aromatic heterocycles. The molecular formula is C66H125NO8. The van der Waals surface area contributed by atoms with E-state index in [1.807, 2.05) is 6.08 Å². The fraction of sp³-hybridized carbons (Fsp3) is 0.894. The average molecular weight is 1060 g/mol. The van der Waals surface area contributed by atoms with Crippen molar-refractivity contribution in [1.82, 2.24) is 5.32 Å². The molecule has 1 fully saturated rings. The molecule has 7 unspecified atom stereocenters. The normalized spacial score (nSPS) is 19.1. The first kappa shape index (κ1) is 71.4. The Hall–Kier alpha value is -1.59. The number of unbranched alkanes of at least 4 members (excludes halogenated alkanes) is 43. The summed E-state index contributed by atoms with van der Waals surface area (Å²) in [6, 6.07) is -0.821. The van der Waals surface area contributed by atoms with Crippen molar-refractivity contribution in [2.24, 2.45) is 0 Å². The van der Waals surface area contributed by atoms with Gasteiger partial charge in [0.05, 0.1) is 25.4 Å². The zero-order valence-electron chi connectivity index (χ0n) is 49.3. The minimum absolute atomic E-state index is 0.181. The van der Waals surface area contributed by atoms with E-state index >= 15 is 0 Å². The zero-order valence-corrected chi connectivity index (χ0v) is 49.3. The van der Waals surface area contributed by atoms with Crippen molar-refractivity contribution in [3.63, 3.8) is 0 Å². The van der Waals surface area contributed by atoms with E-state index in [1.165, 1.54) is 263 Å². The quantitative estimate of drug-likeness (QED) is 0.0261. The van der Waals surface area contributed by atoms with Crippen LogP contribution in [-0.2, 0) is 14.3 Å². The summed E-state index contributed by atoms with van der Waals surface area (Å²) in [5.41, 5.74) is 0. The van der Waals surface area contributed by atoms with E-state index in [4.69, 9.17) is 9.47 Å². The van der Waals surface area contributed by atoms with Gasteiger partial charge in [-0.15, -0.1) is 0 Å². The van der Waals surface area contributed by atoms with E-state index in [0.29, 0.717) is 6.42 Å². The monoisotopic (exact) mass is 1060 g/mol. The number of ether oxygens (including phenoxy) is 2. The van der Waals surface area contributed by atoms with Crippen molar-refractivity contribution in [1.29, 1.82) is 0 Å².